The van der Waals surface area contributed by atoms with Crippen molar-refractivity contribution in [3.8, 4) is 5.75 Å². The number of hydrogen-bond acceptors (Lipinski definition) is 18. The zero-order valence-electron chi connectivity index (χ0n) is 61.7. The van der Waals surface area contributed by atoms with Crippen LogP contribution in [-0.2, 0) is 109 Å². The quantitative estimate of drug-likeness (QED) is 0.0175. The number of hydrogen-bond donors (Lipinski definition) is 6. The number of carbonyl (C=O) groups is 8. The molecule has 5 amide bonds. The van der Waals surface area contributed by atoms with Crippen molar-refractivity contribution >= 4 is 62.7 Å². The number of Topliss-reactive ketones (excluding diaryl/α,β-unsaturated/α-hetero) is 3. The summed E-state index contributed by atoms with van der Waals surface area (Å²) < 4.78 is 60.7. The van der Waals surface area contributed by atoms with Gasteiger partial charge in [0, 0.05) is 56.2 Å². The number of anilines is 1. The van der Waals surface area contributed by atoms with Gasteiger partial charge in [0.25, 0.3) is 10.1 Å². The van der Waals surface area contributed by atoms with Crippen LogP contribution >= 0.6 is 0 Å². The minimum Gasteiger partial charge on any atom is -0.508 e. The molecule has 102 heavy (non-hydrogen) atoms. The maximum atomic E-state index is 14.9. The van der Waals surface area contributed by atoms with Gasteiger partial charge in [-0.3, -0.25) is 48.2 Å². The lowest BCUT2D eigenvalue weighted by Gasteiger charge is -2.56. The molecule has 0 radical (unpaired) electrons. The first-order valence-electron chi connectivity index (χ1n) is 37.7. The average molecular weight is 1440 g/mol. The second-order valence-corrected chi connectivity index (χ2v) is 32.2. The highest BCUT2D eigenvalue weighted by molar-refractivity contribution is 7.85. The van der Waals surface area contributed by atoms with Crippen molar-refractivity contribution < 1.29 is 80.1 Å². The first-order valence-corrected chi connectivity index (χ1v) is 39.3. The van der Waals surface area contributed by atoms with Crippen LogP contribution in [0.1, 0.15) is 230 Å². The third-order valence-corrected chi connectivity index (χ3v) is 23.8. The van der Waals surface area contributed by atoms with Gasteiger partial charge in [0.05, 0.1) is 87.7 Å². The van der Waals surface area contributed by atoms with Crippen LogP contribution in [0.5, 0.6) is 5.75 Å². The molecule has 3 aromatic rings. The Hall–Kier alpha value is -6.35. The number of fused-ring (bicyclic) bond motifs is 7. The lowest BCUT2D eigenvalue weighted by molar-refractivity contribution is -0.150. The molecule has 0 spiro atoms. The Labute approximate surface area is 603 Å². The van der Waals surface area contributed by atoms with E-state index in [0.717, 1.165) is 105 Å². The Balaban J connectivity index is 0.741. The first kappa shape index (κ1) is 81.3. The molecule has 8 rings (SSSR count). The number of ketones is 3. The van der Waals surface area contributed by atoms with Gasteiger partial charge in [-0.05, 0) is 165 Å². The Bertz CT molecular complexity index is 3510. The predicted octanol–water partition coefficient (Wildman–Crippen LogP) is 9.86. The summed E-state index contributed by atoms with van der Waals surface area (Å²) in [5.41, 5.74) is 4.50. The van der Waals surface area contributed by atoms with E-state index in [2.05, 4.69) is 51.5 Å². The fourth-order valence-electron chi connectivity index (χ4n) is 17.1. The number of imide groups is 1. The van der Waals surface area contributed by atoms with Crippen molar-refractivity contribution in [1.82, 2.24) is 30.9 Å². The molecule has 6 N–H and O–H groups in total. The number of aromatic hydroxyl groups is 1. The lowest BCUT2D eigenvalue weighted by atomic mass is 9.49. The SMILES string of the molecule is CCC(=O)C[C@H](CCCCNC(=O)COC1CCCCCc2c1nnn2CCOCCOCCOCCOCCC(=O)CCCS(=O)(=O)O)C(=O)N[C@H](C(=O)C[C@@H](C)C(=O)Nc1ccc2c(c1)[C@@]1(C)CCC[C@](C)(C(=O)NC(=O)[C@@]3(C)CCC[C@]4(C)c5cc(O)ccc5CC[C@@H]34)[C@@H]1CC2)C(C)C. The topological polar surface area (TPSA) is 336 Å². The van der Waals surface area contributed by atoms with Crippen LogP contribution in [0.15, 0.2) is 36.4 Å². The summed E-state index contributed by atoms with van der Waals surface area (Å²) >= 11 is 0. The first-order chi connectivity index (χ1) is 48.6. The Morgan fingerprint density at radius 3 is 1.89 bits per heavy atom. The van der Waals surface area contributed by atoms with Crippen LogP contribution in [0.3, 0.4) is 0 Å². The van der Waals surface area contributed by atoms with Crippen LogP contribution in [0.4, 0.5) is 5.69 Å². The molecule has 1 heterocycles. The highest BCUT2D eigenvalue weighted by Gasteiger charge is 2.59. The van der Waals surface area contributed by atoms with Crippen molar-refractivity contribution in [1.29, 1.82) is 0 Å². The smallest absolute Gasteiger partial charge is 0.264 e. The molecule has 1 aromatic heterocycles. The third kappa shape index (κ3) is 21.4. The van der Waals surface area contributed by atoms with Gasteiger partial charge >= 0.3 is 0 Å². The second-order valence-electron chi connectivity index (χ2n) is 30.7. The van der Waals surface area contributed by atoms with E-state index in [4.69, 9.17) is 28.2 Å². The molecule has 10 atom stereocenters. The van der Waals surface area contributed by atoms with Crippen LogP contribution in [0.2, 0.25) is 0 Å². The molecule has 5 aliphatic carbocycles. The van der Waals surface area contributed by atoms with Gasteiger partial charge in [-0.15, -0.1) is 5.10 Å². The van der Waals surface area contributed by atoms with Gasteiger partial charge in [-0.1, -0.05) is 105 Å². The number of benzene rings is 2. The van der Waals surface area contributed by atoms with E-state index >= 15 is 0 Å². The number of rotatable bonds is 40. The molecule has 5 aliphatic rings. The highest BCUT2D eigenvalue weighted by Crippen LogP contribution is 2.60. The number of aromatic nitrogens is 3. The van der Waals surface area contributed by atoms with Crippen molar-refractivity contribution in [3.63, 3.8) is 0 Å². The van der Waals surface area contributed by atoms with Crippen LogP contribution in [0.25, 0.3) is 0 Å². The molecule has 24 nitrogen and oxygen atoms in total. The molecule has 2 fully saturated rings. The summed E-state index contributed by atoms with van der Waals surface area (Å²) in [4.78, 5) is 110. The summed E-state index contributed by atoms with van der Waals surface area (Å²) in [5, 5.41) is 31.5. The van der Waals surface area contributed by atoms with Crippen molar-refractivity contribution in [2.24, 2.45) is 40.4 Å². The van der Waals surface area contributed by atoms with Gasteiger partial charge < -0.3 is 44.7 Å². The molecule has 2 aromatic carbocycles. The summed E-state index contributed by atoms with van der Waals surface area (Å²) in [6.07, 6.45) is 13.6. The summed E-state index contributed by atoms with van der Waals surface area (Å²) in [6.45, 7) is 18.9. The van der Waals surface area contributed by atoms with Gasteiger partial charge in [-0.2, -0.15) is 8.42 Å². The lowest BCUT2D eigenvalue weighted by Crippen LogP contribution is -2.60. The standard InChI is InChI=1S/C77H115N7O17S/c1-9-57(85)47-55(18-13-14-35-78-67(89)50-101-64-21-12-10-11-20-62-69(64)82-83-84(62)36-38-98-40-42-100-44-43-99-41-39-97-37-30-58(86)19-15-45-102(94,95)96)71(91)80-68(51(2)3)63(88)46-52(4)70(90)79-56-26-22-53-24-28-65-74(5,60(53)48-56)31-16-33-76(65,7)72(92)81-73(93)77(8)34-17-32-75(6)61-49-59(87)27-23-54(61)25-29-66(75)77/h22-23,26-27,48-49,51-52,55,64-66,68,87H,9-21,24-25,28-47,50H2,1-8H3,(H,78,89)(H,79,90)(H,80,91)(H,81,92,93)(H,94,95,96)/t52-,55+,64?,65-,66-,68+,74-,75-,76+,77+/m1/s1. The normalized spacial score (nSPS) is 24.0. The van der Waals surface area contributed by atoms with E-state index in [-0.39, 0.29) is 122 Å². The monoisotopic (exact) mass is 1440 g/mol. The van der Waals surface area contributed by atoms with Crippen LogP contribution in [0, 0.1) is 40.4 Å². The number of carbonyl (C=O) groups excluding carboxylic acids is 8. The second kappa shape index (κ2) is 37.6. The number of nitrogens with zero attached hydrogens (tertiary/aromatic N) is 3. The maximum absolute atomic E-state index is 14.9. The molecule has 0 aliphatic heterocycles. The van der Waals surface area contributed by atoms with E-state index in [0.29, 0.717) is 104 Å². The predicted molar refractivity (Wildman–Crippen MR) is 384 cm³/mol. The summed E-state index contributed by atoms with van der Waals surface area (Å²) in [5.74, 6) is -4.04. The molecular weight excluding hydrogens is 1330 g/mol. The van der Waals surface area contributed by atoms with Gasteiger partial charge in [-0.25, -0.2) is 4.68 Å². The van der Waals surface area contributed by atoms with Crippen molar-refractivity contribution in [3.05, 3.63) is 70.0 Å². The highest BCUT2D eigenvalue weighted by atomic mass is 32.2. The maximum Gasteiger partial charge on any atom is 0.264 e. The molecular formula is C77H115N7O17S. The minimum absolute atomic E-state index is 0.00410. The van der Waals surface area contributed by atoms with E-state index in [1.165, 1.54) is 5.56 Å². The van der Waals surface area contributed by atoms with E-state index < -0.39 is 62.0 Å². The van der Waals surface area contributed by atoms with E-state index in [1.807, 2.05) is 56.6 Å². The molecule has 566 valence electrons. The Morgan fingerprint density at radius 1 is 0.667 bits per heavy atom. The number of phenols is 1. The van der Waals surface area contributed by atoms with Gasteiger partial charge in [0.15, 0.2) is 5.78 Å². The van der Waals surface area contributed by atoms with Crippen molar-refractivity contribution in [2.75, 3.05) is 77.1 Å². The van der Waals surface area contributed by atoms with E-state index in [9.17, 15) is 51.9 Å². The molecule has 1 unspecified atom stereocenters. The molecule has 0 saturated heterocycles. The third-order valence-electron chi connectivity index (χ3n) is 23.0. The average Bonchev–Trinajstić information content (AvgIpc) is 0.810. The number of nitrogens with one attached hydrogen (secondary N) is 4. The number of aryl methyl sites for hydroxylation is 2. The zero-order valence-corrected chi connectivity index (χ0v) is 62.5. The largest absolute Gasteiger partial charge is 0.508 e. The fraction of sp³-hybridized carbons (Fsp3) is 0.714. The fourth-order valence-corrected chi connectivity index (χ4v) is 17.6. The summed E-state index contributed by atoms with van der Waals surface area (Å²) in [6, 6.07) is 10.7. The van der Waals surface area contributed by atoms with Gasteiger partial charge in [0.1, 0.15) is 35.7 Å². The zero-order chi connectivity index (χ0) is 73.8. The number of amides is 5. The van der Waals surface area contributed by atoms with E-state index in [1.54, 1.807) is 19.9 Å². The number of phenolic OH excluding ortho intramolecular Hbond substituents is 1. The van der Waals surface area contributed by atoms with Crippen molar-refractivity contribution in [2.45, 2.75) is 239 Å². The molecule has 0 bridgehead atoms. The summed E-state index contributed by atoms with van der Waals surface area (Å²) in [7, 11) is -4.07. The number of unbranched alkanes of at least 4 members (excludes halogenated alkanes) is 1. The van der Waals surface area contributed by atoms with Crippen LogP contribution < -0.4 is 21.3 Å². The minimum atomic E-state index is -4.07. The molecule has 2 saturated carbocycles. The Morgan fingerprint density at radius 2 is 1.27 bits per heavy atom. The van der Waals surface area contributed by atoms with Crippen LogP contribution in [-0.4, -0.2) is 158 Å². The van der Waals surface area contributed by atoms with Gasteiger partial charge in [0.2, 0.25) is 29.5 Å². The molecule has 25 heteroatoms. The number of ether oxygens (including phenoxy) is 5. The Kier molecular flexibility index (Phi) is 30.0.